The monoisotopic (exact) mass is 272 g/mol. The Morgan fingerprint density at radius 1 is 1.33 bits per heavy atom. The fourth-order valence-electron chi connectivity index (χ4n) is 1.28. The lowest BCUT2D eigenvalue weighted by Gasteiger charge is -2.16. The number of hydrogen-bond acceptors (Lipinski definition) is 6. The number of rotatable bonds is 6. The van der Waals surface area contributed by atoms with Gasteiger partial charge in [0, 0.05) is 5.75 Å². The number of carbonyl (C=O) groups excluding carboxylic acids is 1. The van der Waals surface area contributed by atoms with Crippen LogP contribution in [0.15, 0.2) is 24.3 Å². The van der Waals surface area contributed by atoms with E-state index in [9.17, 15) is 15.0 Å². The zero-order valence-electron chi connectivity index (χ0n) is 9.94. The van der Waals surface area contributed by atoms with Gasteiger partial charge in [-0.2, -0.15) is 12.6 Å². The molecule has 0 saturated heterocycles. The van der Waals surface area contributed by atoms with E-state index in [1.165, 1.54) is 7.11 Å². The first-order chi connectivity index (χ1) is 8.58. The van der Waals surface area contributed by atoms with Crippen molar-refractivity contribution in [2.75, 3.05) is 19.5 Å². The summed E-state index contributed by atoms with van der Waals surface area (Å²) in [4.78, 5) is 10.9. The Bertz CT molecular complexity index is 379. The van der Waals surface area contributed by atoms with Gasteiger partial charge in [-0.05, 0) is 17.7 Å². The molecule has 2 unspecified atom stereocenters. The maximum Gasteiger partial charge on any atom is 0.343 e. The zero-order valence-corrected chi connectivity index (χ0v) is 10.8. The topological polar surface area (TPSA) is 76.0 Å². The zero-order chi connectivity index (χ0) is 13.5. The second kappa shape index (κ2) is 7.25. The van der Waals surface area contributed by atoms with E-state index in [0.29, 0.717) is 11.3 Å². The molecule has 0 aliphatic carbocycles. The molecule has 18 heavy (non-hydrogen) atoms. The van der Waals surface area contributed by atoms with E-state index in [1.54, 1.807) is 24.3 Å². The van der Waals surface area contributed by atoms with Crippen molar-refractivity contribution in [1.82, 2.24) is 0 Å². The van der Waals surface area contributed by atoms with Crippen molar-refractivity contribution in [3.8, 4) is 5.75 Å². The van der Waals surface area contributed by atoms with Crippen LogP contribution in [0.1, 0.15) is 11.7 Å². The summed E-state index contributed by atoms with van der Waals surface area (Å²) in [7, 11) is 1.28. The Balaban J connectivity index is 2.59. The van der Waals surface area contributed by atoms with Gasteiger partial charge in [-0.3, -0.25) is 0 Å². The Morgan fingerprint density at radius 3 is 2.44 bits per heavy atom. The lowest BCUT2D eigenvalue weighted by molar-refractivity contribution is -0.142. The van der Waals surface area contributed by atoms with Crippen molar-refractivity contribution >= 4 is 18.6 Å². The summed E-state index contributed by atoms with van der Waals surface area (Å²) in [6.45, 7) is -0.169. The number of hydrogen-bond donors (Lipinski definition) is 3. The highest BCUT2D eigenvalue weighted by Gasteiger charge is 2.16. The van der Waals surface area contributed by atoms with Crippen molar-refractivity contribution in [2.24, 2.45) is 0 Å². The molecule has 1 aromatic rings. The maximum atomic E-state index is 10.9. The van der Waals surface area contributed by atoms with E-state index < -0.39 is 18.2 Å². The van der Waals surface area contributed by atoms with Crippen LogP contribution in [0.25, 0.3) is 0 Å². The van der Waals surface area contributed by atoms with Gasteiger partial charge in [0.15, 0.2) is 6.61 Å². The minimum absolute atomic E-state index is 0.168. The summed E-state index contributed by atoms with van der Waals surface area (Å²) in [6, 6.07) is 6.44. The highest BCUT2D eigenvalue weighted by Crippen LogP contribution is 2.20. The number of benzene rings is 1. The van der Waals surface area contributed by atoms with Crippen LogP contribution in [0.4, 0.5) is 0 Å². The first kappa shape index (κ1) is 14.8. The highest BCUT2D eigenvalue weighted by atomic mass is 32.1. The Morgan fingerprint density at radius 2 is 1.94 bits per heavy atom. The van der Waals surface area contributed by atoms with E-state index in [0.717, 1.165) is 0 Å². The Hall–Kier alpha value is -1.24. The molecular weight excluding hydrogens is 256 g/mol. The van der Waals surface area contributed by atoms with Gasteiger partial charge in [0.1, 0.15) is 11.9 Å². The quantitative estimate of drug-likeness (QED) is 0.521. The number of carbonyl (C=O) groups is 1. The van der Waals surface area contributed by atoms with Gasteiger partial charge in [-0.1, -0.05) is 12.1 Å². The SMILES string of the molecule is COC(=O)COc1ccc(C(O)C(O)CS)cc1. The predicted octanol–water partition coefficient (Wildman–Crippen LogP) is 0.562. The molecule has 0 aliphatic heterocycles. The molecule has 0 spiro atoms. The van der Waals surface area contributed by atoms with Crippen LogP contribution in [0.2, 0.25) is 0 Å². The van der Waals surface area contributed by atoms with Crippen LogP contribution in [-0.4, -0.2) is 41.8 Å². The molecular formula is C12H16O5S. The molecule has 1 rings (SSSR count). The first-order valence-electron chi connectivity index (χ1n) is 5.35. The van der Waals surface area contributed by atoms with Gasteiger partial charge in [0.2, 0.25) is 0 Å². The molecule has 0 bridgehead atoms. The average Bonchev–Trinajstić information content (AvgIpc) is 2.43. The molecule has 0 aliphatic rings. The van der Waals surface area contributed by atoms with Crippen molar-refractivity contribution in [3.63, 3.8) is 0 Å². The van der Waals surface area contributed by atoms with Gasteiger partial charge in [0.05, 0.1) is 13.2 Å². The third kappa shape index (κ3) is 4.21. The van der Waals surface area contributed by atoms with E-state index in [1.807, 2.05) is 0 Å². The van der Waals surface area contributed by atoms with Crippen LogP contribution >= 0.6 is 12.6 Å². The summed E-state index contributed by atoms with van der Waals surface area (Å²) >= 11 is 3.91. The molecule has 2 atom stereocenters. The van der Waals surface area contributed by atoms with Crippen molar-refractivity contribution in [1.29, 1.82) is 0 Å². The van der Waals surface area contributed by atoms with Crippen molar-refractivity contribution in [2.45, 2.75) is 12.2 Å². The molecule has 0 saturated carbocycles. The Kier molecular flexibility index (Phi) is 5.97. The lowest BCUT2D eigenvalue weighted by atomic mass is 10.1. The summed E-state index contributed by atoms with van der Waals surface area (Å²) in [6.07, 6.45) is -1.91. The van der Waals surface area contributed by atoms with Crippen LogP contribution in [-0.2, 0) is 9.53 Å². The number of methoxy groups -OCH3 is 1. The second-order valence-electron chi connectivity index (χ2n) is 3.63. The maximum absolute atomic E-state index is 10.9. The third-order valence-electron chi connectivity index (χ3n) is 2.36. The van der Waals surface area contributed by atoms with Crippen molar-refractivity contribution in [3.05, 3.63) is 29.8 Å². The molecule has 0 radical (unpaired) electrons. The summed E-state index contributed by atoms with van der Waals surface area (Å²) in [5.74, 6) is 0.184. The smallest absolute Gasteiger partial charge is 0.343 e. The van der Waals surface area contributed by atoms with Gasteiger partial charge in [0.25, 0.3) is 0 Å². The standard InChI is InChI=1S/C12H16O5S/c1-16-11(14)6-17-9-4-2-8(3-5-9)12(15)10(13)7-18/h2-5,10,12-13,15,18H,6-7H2,1H3. The van der Waals surface area contributed by atoms with E-state index >= 15 is 0 Å². The molecule has 1 aromatic carbocycles. The Labute approximate surface area is 111 Å². The summed E-state index contributed by atoms with van der Waals surface area (Å²) in [5, 5.41) is 19.2. The fraction of sp³-hybridized carbons (Fsp3) is 0.417. The molecule has 0 fully saturated rings. The molecule has 6 heteroatoms. The molecule has 5 nitrogen and oxygen atoms in total. The van der Waals surface area contributed by atoms with Gasteiger partial charge >= 0.3 is 5.97 Å². The molecule has 0 aromatic heterocycles. The van der Waals surface area contributed by atoms with Crippen LogP contribution in [0, 0.1) is 0 Å². The molecule has 2 N–H and O–H groups in total. The number of ether oxygens (including phenoxy) is 2. The fourth-order valence-corrected chi connectivity index (χ4v) is 1.48. The molecule has 100 valence electrons. The van der Waals surface area contributed by atoms with Crippen molar-refractivity contribution < 1.29 is 24.5 Å². The normalized spacial score (nSPS) is 13.8. The van der Waals surface area contributed by atoms with E-state index in [2.05, 4.69) is 17.4 Å². The van der Waals surface area contributed by atoms with Crippen LogP contribution < -0.4 is 4.74 Å². The van der Waals surface area contributed by atoms with Gasteiger partial charge in [-0.15, -0.1) is 0 Å². The minimum Gasteiger partial charge on any atom is -0.482 e. The number of thiol groups is 1. The van der Waals surface area contributed by atoms with Crippen LogP contribution in [0.5, 0.6) is 5.75 Å². The van der Waals surface area contributed by atoms with E-state index in [-0.39, 0.29) is 12.4 Å². The van der Waals surface area contributed by atoms with Gasteiger partial charge < -0.3 is 19.7 Å². The first-order valence-corrected chi connectivity index (χ1v) is 5.98. The molecule has 0 heterocycles. The highest BCUT2D eigenvalue weighted by molar-refractivity contribution is 7.80. The minimum atomic E-state index is -0.989. The van der Waals surface area contributed by atoms with Gasteiger partial charge in [-0.25, -0.2) is 4.79 Å². The number of esters is 1. The third-order valence-corrected chi connectivity index (χ3v) is 2.73. The summed E-state index contributed by atoms with van der Waals surface area (Å²) in [5.41, 5.74) is 0.557. The molecule has 0 amide bonds. The lowest BCUT2D eigenvalue weighted by Crippen LogP contribution is -2.19. The second-order valence-corrected chi connectivity index (χ2v) is 3.99. The number of aliphatic hydroxyl groups is 2. The number of aliphatic hydroxyl groups excluding tert-OH is 2. The van der Waals surface area contributed by atoms with Crippen LogP contribution in [0.3, 0.4) is 0 Å². The summed E-state index contributed by atoms with van der Waals surface area (Å²) < 4.78 is 9.58. The predicted molar refractivity (Wildman–Crippen MR) is 68.8 cm³/mol. The largest absolute Gasteiger partial charge is 0.482 e. The van der Waals surface area contributed by atoms with E-state index in [4.69, 9.17) is 4.74 Å². The average molecular weight is 272 g/mol.